The van der Waals surface area contributed by atoms with E-state index in [4.69, 9.17) is 5.11 Å². The summed E-state index contributed by atoms with van der Waals surface area (Å²) >= 11 is 0. The van der Waals surface area contributed by atoms with E-state index in [1.54, 1.807) is 11.9 Å². The standard InChI is InChI=1S/C12H14F3NO3/c1-8(11(17)18)16(2)7-9-3-5-10(6-4-9)19-12(13,14)15/h3-6,8H,7H2,1-2H3,(H,17,18). The van der Waals surface area contributed by atoms with Crippen molar-refractivity contribution < 1.29 is 27.8 Å². The fourth-order valence-corrected chi connectivity index (χ4v) is 1.41. The second-order valence-electron chi connectivity index (χ2n) is 4.12. The maximum absolute atomic E-state index is 12.0. The number of hydrogen-bond acceptors (Lipinski definition) is 3. The number of aliphatic carboxylic acids is 1. The van der Waals surface area contributed by atoms with Crippen LogP contribution in [0.4, 0.5) is 13.2 Å². The van der Waals surface area contributed by atoms with Crippen molar-refractivity contribution in [3.8, 4) is 5.75 Å². The minimum absolute atomic E-state index is 0.301. The van der Waals surface area contributed by atoms with Gasteiger partial charge in [-0.1, -0.05) is 12.1 Å². The number of hydrogen-bond donors (Lipinski definition) is 1. The van der Waals surface area contributed by atoms with Crippen LogP contribution in [0.25, 0.3) is 0 Å². The Morgan fingerprint density at radius 3 is 2.32 bits per heavy atom. The fraction of sp³-hybridized carbons (Fsp3) is 0.417. The van der Waals surface area contributed by atoms with E-state index >= 15 is 0 Å². The summed E-state index contributed by atoms with van der Waals surface area (Å²) in [5.74, 6) is -1.26. The number of halogens is 3. The van der Waals surface area contributed by atoms with Crippen LogP contribution in [-0.2, 0) is 11.3 Å². The highest BCUT2D eigenvalue weighted by atomic mass is 19.4. The number of nitrogens with zero attached hydrogens (tertiary/aromatic N) is 1. The van der Waals surface area contributed by atoms with Gasteiger partial charge in [-0.2, -0.15) is 0 Å². The number of carboxylic acid groups (broad SMARTS) is 1. The summed E-state index contributed by atoms with van der Waals surface area (Å²) < 4.78 is 39.6. The fourth-order valence-electron chi connectivity index (χ4n) is 1.41. The number of carboxylic acids is 1. The third kappa shape index (κ3) is 5.17. The first-order valence-corrected chi connectivity index (χ1v) is 5.47. The summed E-state index contributed by atoms with van der Waals surface area (Å²) in [4.78, 5) is 12.3. The zero-order valence-electron chi connectivity index (χ0n) is 10.4. The molecule has 0 aromatic heterocycles. The van der Waals surface area contributed by atoms with Gasteiger partial charge in [0.15, 0.2) is 0 Å². The first-order valence-electron chi connectivity index (χ1n) is 5.47. The molecule has 19 heavy (non-hydrogen) atoms. The Balaban J connectivity index is 2.64. The minimum atomic E-state index is -4.71. The molecular formula is C12H14F3NO3. The van der Waals surface area contributed by atoms with Crippen LogP contribution in [0.15, 0.2) is 24.3 Å². The highest BCUT2D eigenvalue weighted by Gasteiger charge is 2.30. The molecule has 1 atom stereocenters. The van der Waals surface area contributed by atoms with Crippen molar-refractivity contribution >= 4 is 5.97 Å². The van der Waals surface area contributed by atoms with Crippen LogP contribution in [-0.4, -0.2) is 35.4 Å². The second kappa shape index (κ2) is 5.92. The molecule has 1 N–H and O–H groups in total. The highest BCUT2D eigenvalue weighted by Crippen LogP contribution is 2.23. The van der Waals surface area contributed by atoms with Gasteiger partial charge in [0.2, 0.25) is 0 Å². The van der Waals surface area contributed by atoms with E-state index in [9.17, 15) is 18.0 Å². The van der Waals surface area contributed by atoms with Gasteiger partial charge < -0.3 is 9.84 Å². The number of benzene rings is 1. The van der Waals surface area contributed by atoms with E-state index in [0.29, 0.717) is 12.1 Å². The van der Waals surface area contributed by atoms with Gasteiger partial charge in [-0.3, -0.25) is 9.69 Å². The Bertz CT molecular complexity index is 431. The molecule has 0 saturated carbocycles. The SMILES string of the molecule is CC(C(=O)O)N(C)Cc1ccc(OC(F)(F)F)cc1. The predicted molar refractivity (Wildman–Crippen MR) is 61.7 cm³/mol. The molecule has 106 valence electrons. The summed E-state index contributed by atoms with van der Waals surface area (Å²) in [6.07, 6.45) is -4.71. The first kappa shape index (κ1) is 15.3. The Morgan fingerprint density at radius 2 is 1.89 bits per heavy atom. The maximum Gasteiger partial charge on any atom is 0.573 e. The third-order valence-electron chi connectivity index (χ3n) is 2.61. The van der Waals surface area contributed by atoms with Crippen molar-refractivity contribution in [2.75, 3.05) is 7.05 Å². The van der Waals surface area contributed by atoms with Crippen LogP contribution < -0.4 is 4.74 Å². The monoisotopic (exact) mass is 277 g/mol. The number of alkyl halides is 3. The summed E-state index contributed by atoms with van der Waals surface area (Å²) in [5, 5.41) is 8.82. The lowest BCUT2D eigenvalue weighted by molar-refractivity contribution is -0.274. The van der Waals surface area contributed by atoms with E-state index in [-0.39, 0.29) is 5.75 Å². The Kier molecular flexibility index (Phi) is 4.77. The Morgan fingerprint density at radius 1 is 1.37 bits per heavy atom. The van der Waals surface area contributed by atoms with Crippen molar-refractivity contribution in [3.05, 3.63) is 29.8 Å². The molecule has 0 radical (unpaired) electrons. The Hall–Kier alpha value is -1.76. The van der Waals surface area contributed by atoms with Crippen molar-refractivity contribution in [1.29, 1.82) is 0 Å². The van der Waals surface area contributed by atoms with E-state index < -0.39 is 18.4 Å². The molecule has 0 heterocycles. The van der Waals surface area contributed by atoms with Crippen LogP contribution in [0.2, 0.25) is 0 Å². The van der Waals surface area contributed by atoms with Crippen molar-refractivity contribution in [2.24, 2.45) is 0 Å². The van der Waals surface area contributed by atoms with E-state index in [1.165, 1.54) is 31.2 Å². The van der Waals surface area contributed by atoms with Crippen LogP contribution in [0.1, 0.15) is 12.5 Å². The molecule has 0 spiro atoms. The quantitative estimate of drug-likeness (QED) is 0.898. The Labute approximate surface area is 108 Å². The molecule has 0 fully saturated rings. The van der Waals surface area contributed by atoms with Crippen LogP contribution in [0.5, 0.6) is 5.75 Å². The topological polar surface area (TPSA) is 49.8 Å². The molecular weight excluding hydrogens is 263 g/mol. The third-order valence-corrected chi connectivity index (χ3v) is 2.61. The lowest BCUT2D eigenvalue weighted by Crippen LogP contribution is -2.35. The smallest absolute Gasteiger partial charge is 0.480 e. The molecule has 1 unspecified atom stereocenters. The number of carbonyl (C=O) groups is 1. The van der Waals surface area contributed by atoms with Gasteiger partial charge in [-0.15, -0.1) is 13.2 Å². The average molecular weight is 277 g/mol. The van der Waals surface area contributed by atoms with Gasteiger partial charge in [0.25, 0.3) is 0 Å². The lowest BCUT2D eigenvalue weighted by Gasteiger charge is -2.21. The van der Waals surface area contributed by atoms with Crippen LogP contribution in [0.3, 0.4) is 0 Å². The molecule has 4 nitrogen and oxygen atoms in total. The number of likely N-dealkylation sites (N-methyl/N-ethyl adjacent to an activating group) is 1. The summed E-state index contributed by atoms with van der Waals surface area (Å²) in [6.45, 7) is 1.85. The molecule has 0 bridgehead atoms. The largest absolute Gasteiger partial charge is 0.573 e. The lowest BCUT2D eigenvalue weighted by atomic mass is 10.2. The predicted octanol–water partition coefficient (Wildman–Crippen LogP) is 2.49. The second-order valence-corrected chi connectivity index (χ2v) is 4.12. The van der Waals surface area contributed by atoms with Gasteiger partial charge in [0, 0.05) is 6.54 Å². The van der Waals surface area contributed by atoms with Crippen molar-refractivity contribution in [1.82, 2.24) is 4.90 Å². The van der Waals surface area contributed by atoms with E-state index in [0.717, 1.165) is 0 Å². The van der Waals surface area contributed by atoms with Crippen LogP contribution in [0, 0.1) is 0 Å². The molecule has 1 aromatic rings. The van der Waals surface area contributed by atoms with E-state index in [2.05, 4.69) is 4.74 Å². The molecule has 0 aliphatic rings. The first-order chi connectivity index (χ1) is 8.69. The maximum atomic E-state index is 12.0. The average Bonchev–Trinajstić information content (AvgIpc) is 2.28. The van der Waals surface area contributed by atoms with Crippen LogP contribution >= 0.6 is 0 Å². The van der Waals surface area contributed by atoms with Gasteiger partial charge in [-0.25, -0.2) is 0 Å². The van der Waals surface area contributed by atoms with Gasteiger partial charge in [-0.05, 0) is 31.7 Å². The summed E-state index contributed by atoms with van der Waals surface area (Å²) in [7, 11) is 1.62. The summed E-state index contributed by atoms with van der Waals surface area (Å²) in [6, 6.07) is 4.65. The minimum Gasteiger partial charge on any atom is -0.480 e. The molecule has 0 aliphatic carbocycles. The zero-order valence-corrected chi connectivity index (χ0v) is 10.4. The molecule has 0 aliphatic heterocycles. The van der Waals surface area contributed by atoms with Crippen molar-refractivity contribution in [3.63, 3.8) is 0 Å². The normalized spacial score (nSPS) is 13.4. The van der Waals surface area contributed by atoms with Gasteiger partial charge in [0.1, 0.15) is 11.8 Å². The molecule has 0 amide bonds. The van der Waals surface area contributed by atoms with Gasteiger partial charge in [0.05, 0.1) is 0 Å². The molecule has 1 aromatic carbocycles. The van der Waals surface area contributed by atoms with Crippen molar-refractivity contribution in [2.45, 2.75) is 25.9 Å². The number of rotatable bonds is 5. The highest BCUT2D eigenvalue weighted by molar-refractivity contribution is 5.72. The van der Waals surface area contributed by atoms with E-state index in [1.807, 2.05) is 0 Å². The molecule has 7 heteroatoms. The van der Waals surface area contributed by atoms with Gasteiger partial charge >= 0.3 is 12.3 Å². The zero-order chi connectivity index (χ0) is 14.6. The molecule has 1 rings (SSSR count). The molecule has 0 saturated heterocycles. The number of ether oxygens (including phenoxy) is 1. The summed E-state index contributed by atoms with van der Waals surface area (Å²) in [5.41, 5.74) is 0.699.